The molecule has 3 N–H and O–H groups in total. The monoisotopic (exact) mass is 293 g/mol. The van der Waals surface area contributed by atoms with E-state index in [9.17, 15) is 9.90 Å². The molecular formula is C14H20BNO5. The van der Waals surface area contributed by atoms with Gasteiger partial charge in [0.05, 0.1) is 11.2 Å². The van der Waals surface area contributed by atoms with Crippen LogP contribution in [0.2, 0.25) is 0 Å². The summed E-state index contributed by atoms with van der Waals surface area (Å²) >= 11 is 0. The van der Waals surface area contributed by atoms with E-state index in [1.807, 2.05) is 27.7 Å². The number of benzene rings is 1. The minimum atomic E-state index is -1.14. The van der Waals surface area contributed by atoms with E-state index in [0.717, 1.165) is 5.46 Å². The fourth-order valence-corrected chi connectivity index (χ4v) is 2.04. The molecule has 1 saturated heterocycles. The van der Waals surface area contributed by atoms with Gasteiger partial charge in [-0.3, -0.25) is 0 Å². The Morgan fingerprint density at radius 2 is 1.81 bits per heavy atom. The Kier molecular flexibility index (Phi) is 3.90. The van der Waals surface area contributed by atoms with Gasteiger partial charge >= 0.3 is 13.2 Å². The molecule has 1 amide bonds. The number of carboxylic acid groups (broad SMARTS) is 1. The van der Waals surface area contributed by atoms with Crippen molar-refractivity contribution < 1.29 is 24.3 Å². The van der Waals surface area contributed by atoms with Crippen LogP contribution >= 0.6 is 0 Å². The first-order chi connectivity index (χ1) is 9.62. The first kappa shape index (κ1) is 15.7. The van der Waals surface area contributed by atoms with Crippen LogP contribution in [0.5, 0.6) is 5.75 Å². The molecule has 7 heteroatoms. The second-order valence-electron chi connectivity index (χ2n) is 6.14. The van der Waals surface area contributed by atoms with E-state index in [1.54, 1.807) is 12.1 Å². The number of nitrogens with one attached hydrogen (secondary N) is 1. The van der Waals surface area contributed by atoms with Crippen molar-refractivity contribution in [2.45, 2.75) is 45.4 Å². The summed E-state index contributed by atoms with van der Waals surface area (Å²) in [4.78, 5) is 10.6. The molecule has 0 bridgehead atoms. The first-order valence-electron chi connectivity index (χ1n) is 6.76. The number of carbonyl (C=O) groups is 1. The van der Waals surface area contributed by atoms with Crippen molar-refractivity contribution in [1.82, 2.24) is 5.32 Å². The molecule has 0 aliphatic carbocycles. The molecule has 1 heterocycles. The lowest BCUT2D eigenvalue weighted by atomic mass is 9.78. The van der Waals surface area contributed by atoms with Crippen LogP contribution in [0.3, 0.4) is 0 Å². The fourth-order valence-electron chi connectivity index (χ4n) is 2.04. The van der Waals surface area contributed by atoms with E-state index in [2.05, 4.69) is 5.32 Å². The van der Waals surface area contributed by atoms with E-state index in [1.165, 1.54) is 6.07 Å². The van der Waals surface area contributed by atoms with Gasteiger partial charge in [-0.25, -0.2) is 4.79 Å². The maximum Gasteiger partial charge on any atom is 0.494 e. The van der Waals surface area contributed by atoms with Crippen molar-refractivity contribution in [3.05, 3.63) is 23.8 Å². The highest BCUT2D eigenvalue weighted by atomic mass is 16.7. The summed E-state index contributed by atoms with van der Waals surface area (Å²) in [5.74, 6) is 0.0315. The smallest absolute Gasteiger partial charge is 0.494 e. The Balaban J connectivity index is 2.22. The van der Waals surface area contributed by atoms with Crippen LogP contribution in [0.1, 0.15) is 33.3 Å². The molecule has 1 aliphatic rings. The largest absolute Gasteiger partial charge is 0.508 e. The van der Waals surface area contributed by atoms with E-state index < -0.39 is 24.4 Å². The van der Waals surface area contributed by atoms with Gasteiger partial charge in [0.25, 0.3) is 0 Å². The SMILES string of the molecule is CC1(C)OB(c2ccc(O)c(CNC(=O)O)c2)OC1(C)C. The lowest BCUT2D eigenvalue weighted by Crippen LogP contribution is -2.41. The van der Waals surface area contributed by atoms with Crippen LogP contribution in [0.25, 0.3) is 0 Å². The minimum absolute atomic E-state index is 0.0223. The van der Waals surface area contributed by atoms with Gasteiger partial charge in [0.1, 0.15) is 5.75 Å². The summed E-state index contributed by atoms with van der Waals surface area (Å²) < 4.78 is 11.9. The second-order valence-corrected chi connectivity index (χ2v) is 6.14. The number of hydrogen-bond donors (Lipinski definition) is 3. The van der Waals surface area contributed by atoms with Gasteiger partial charge in [-0.15, -0.1) is 0 Å². The van der Waals surface area contributed by atoms with Crippen molar-refractivity contribution in [3.8, 4) is 5.75 Å². The van der Waals surface area contributed by atoms with Gasteiger partial charge in [-0.05, 0) is 39.2 Å². The molecular weight excluding hydrogens is 273 g/mol. The minimum Gasteiger partial charge on any atom is -0.508 e. The number of amides is 1. The molecule has 0 atom stereocenters. The summed E-state index contributed by atoms with van der Waals surface area (Å²) in [6, 6.07) is 4.91. The molecule has 0 radical (unpaired) electrons. The molecule has 0 saturated carbocycles. The van der Waals surface area contributed by atoms with Crippen LogP contribution in [-0.4, -0.2) is 34.6 Å². The Morgan fingerprint density at radius 3 is 2.33 bits per heavy atom. The molecule has 0 unspecified atom stereocenters. The average Bonchev–Trinajstić information content (AvgIpc) is 2.57. The summed E-state index contributed by atoms with van der Waals surface area (Å²) in [7, 11) is -0.542. The Morgan fingerprint density at radius 1 is 1.24 bits per heavy atom. The van der Waals surface area contributed by atoms with E-state index in [0.29, 0.717) is 5.56 Å². The highest BCUT2D eigenvalue weighted by molar-refractivity contribution is 6.62. The van der Waals surface area contributed by atoms with Gasteiger partial charge < -0.3 is 24.8 Å². The molecule has 1 aliphatic heterocycles. The van der Waals surface area contributed by atoms with Gasteiger partial charge in [-0.2, -0.15) is 0 Å². The summed E-state index contributed by atoms with van der Waals surface area (Å²) in [6.07, 6.45) is -1.14. The molecule has 1 aromatic carbocycles. The molecule has 0 aromatic heterocycles. The third kappa shape index (κ3) is 3.14. The molecule has 6 nitrogen and oxygen atoms in total. The zero-order valence-corrected chi connectivity index (χ0v) is 12.6. The summed E-state index contributed by atoms with van der Waals surface area (Å²) in [5, 5.41) is 20.7. The third-order valence-electron chi connectivity index (χ3n) is 4.06. The Hall–Kier alpha value is -1.73. The molecule has 2 rings (SSSR count). The normalized spacial score (nSPS) is 19.5. The number of phenols is 1. The van der Waals surface area contributed by atoms with Crippen molar-refractivity contribution >= 4 is 18.7 Å². The zero-order valence-electron chi connectivity index (χ0n) is 12.6. The van der Waals surface area contributed by atoms with Crippen LogP contribution in [-0.2, 0) is 15.9 Å². The number of aromatic hydroxyl groups is 1. The second kappa shape index (κ2) is 5.24. The molecule has 114 valence electrons. The first-order valence-corrected chi connectivity index (χ1v) is 6.76. The Bertz CT molecular complexity index is 542. The molecule has 0 spiro atoms. The maximum absolute atomic E-state index is 10.6. The van der Waals surface area contributed by atoms with Gasteiger partial charge in [0.15, 0.2) is 0 Å². The van der Waals surface area contributed by atoms with Crippen molar-refractivity contribution in [1.29, 1.82) is 0 Å². The van der Waals surface area contributed by atoms with Crippen LogP contribution in [0.15, 0.2) is 18.2 Å². The average molecular weight is 293 g/mol. The molecule has 21 heavy (non-hydrogen) atoms. The van der Waals surface area contributed by atoms with Crippen LogP contribution < -0.4 is 10.8 Å². The molecule has 1 fully saturated rings. The predicted molar refractivity (Wildman–Crippen MR) is 78.7 cm³/mol. The lowest BCUT2D eigenvalue weighted by molar-refractivity contribution is 0.00578. The maximum atomic E-state index is 10.6. The van der Waals surface area contributed by atoms with Crippen molar-refractivity contribution in [3.63, 3.8) is 0 Å². The predicted octanol–water partition coefficient (Wildman–Crippen LogP) is 1.46. The topological polar surface area (TPSA) is 88.0 Å². The number of rotatable bonds is 3. The number of hydrogen-bond acceptors (Lipinski definition) is 4. The lowest BCUT2D eigenvalue weighted by Gasteiger charge is -2.32. The third-order valence-corrected chi connectivity index (χ3v) is 4.06. The number of phenolic OH excluding ortho intramolecular Hbond substituents is 1. The molecule has 1 aromatic rings. The highest BCUT2D eigenvalue weighted by Gasteiger charge is 2.51. The summed E-state index contributed by atoms with van der Waals surface area (Å²) in [5.41, 5.74) is 0.322. The summed E-state index contributed by atoms with van der Waals surface area (Å²) in [6.45, 7) is 7.86. The van der Waals surface area contributed by atoms with E-state index >= 15 is 0 Å². The highest BCUT2D eigenvalue weighted by Crippen LogP contribution is 2.36. The van der Waals surface area contributed by atoms with E-state index in [-0.39, 0.29) is 12.3 Å². The van der Waals surface area contributed by atoms with Gasteiger partial charge in [0.2, 0.25) is 0 Å². The van der Waals surface area contributed by atoms with Crippen molar-refractivity contribution in [2.24, 2.45) is 0 Å². The van der Waals surface area contributed by atoms with E-state index in [4.69, 9.17) is 14.4 Å². The Labute approximate surface area is 124 Å². The van der Waals surface area contributed by atoms with Crippen LogP contribution in [0.4, 0.5) is 4.79 Å². The fraction of sp³-hybridized carbons (Fsp3) is 0.500. The van der Waals surface area contributed by atoms with Gasteiger partial charge in [-0.1, -0.05) is 12.1 Å². The van der Waals surface area contributed by atoms with Crippen LogP contribution in [0, 0.1) is 0 Å². The van der Waals surface area contributed by atoms with Gasteiger partial charge in [0, 0.05) is 12.1 Å². The standard InChI is InChI=1S/C14H20BNO5/c1-13(2)14(3,4)21-15(20-13)10-5-6-11(17)9(7-10)8-16-12(18)19/h5-7,16-17H,8H2,1-4H3,(H,18,19). The quantitative estimate of drug-likeness (QED) is 0.734. The zero-order chi connectivity index (χ0) is 15.8. The van der Waals surface area contributed by atoms with Crippen molar-refractivity contribution in [2.75, 3.05) is 0 Å².